The van der Waals surface area contributed by atoms with Crippen molar-refractivity contribution >= 4 is 38.1 Å². The summed E-state index contributed by atoms with van der Waals surface area (Å²) in [6.45, 7) is 5.01. The zero-order valence-corrected chi connectivity index (χ0v) is 15.0. The quantitative estimate of drug-likeness (QED) is 0.768. The number of hydrogen-bond donors (Lipinski definition) is 2. The Labute approximate surface area is 143 Å². The number of ether oxygens (including phenoxy) is 1. The van der Waals surface area contributed by atoms with Crippen LogP contribution in [0.5, 0.6) is 5.88 Å². The molecule has 126 valence electrons. The Bertz CT molecular complexity index is 777. The summed E-state index contributed by atoms with van der Waals surface area (Å²) in [4.78, 5) is 8.14. The normalized spacial score (nSPS) is 11.7. The number of aromatic nitrogens is 2. The van der Waals surface area contributed by atoms with E-state index in [0.717, 1.165) is 16.9 Å². The van der Waals surface area contributed by atoms with Crippen molar-refractivity contribution in [1.82, 2.24) is 9.97 Å². The van der Waals surface area contributed by atoms with E-state index in [1.54, 1.807) is 12.3 Å². The van der Waals surface area contributed by atoms with Crippen LogP contribution in [-0.4, -0.2) is 25.0 Å². The standard InChI is InChI=1S/C13H17ClN4O3S2/c1-8(2)7-21-12-10(14)3-9(4-16-12)5-17-13-18-6-11(22-13)23(15,19)20/h3-4,6,8H,5,7H2,1-2H3,(H,17,18)(H2,15,19,20). The van der Waals surface area contributed by atoms with Crippen molar-refractivity contribution in [3.8, 4) is 5.88 Å². The van der Waals surface area contributed by atoms with Gasteiger partial charge in [0.05, 0.1) is 12.8 Å². The molecule has 0 unspecified atom stereocenters. The zero-order valence-electron chi connectivity index (χ0n) is 12.6. The molecule has 0 atom stereocenters. The summed E-state index contributed by atoms with van der Waals surface area (Å²) in [5.74, 6) is 0.780. The molecule has 10 heteroatoms. The molecule has 23 heavy (non-hydrogen) atoms. The van der Waals surface area contributed by atoms with E-state index < -0.39 is 10.0 Å². The van der Waals surface area contributed by atoms with Crippen LogP contribution < -0.4 is 15.2 Å². The first-order chi connectivity index (χ1) is 10.8. The van der Waals surface area contributed by atoms with Gasteiger partial charge in [0.15, 0.2) is 9.34 Å². The van der Waals surface area contributed by atoms with Crippen LogP contribution in [-0.2, 0) is 16.6 Å². The number of nitrogens with zero attached hydrogens (tertiary/aromatic N) is 2. The minimum absolute atomic E-state index is 0.00795. The minimum Gasteiger partial charge on any atom is -0.476 e. The number of hydrogen-bond acceptors (Lipinski definition) is 7. The summed E-state index contributed by atoms with van der Waals surface area (Å²) in [6.07, 6.45) is 2.86. The van der Waals surface area contributed by atoms with Crippen LogP contribution in [0.1, 0.15) is 19.4 Å². The van der Waals surface area contributed by atoms with E-state index in [0.29, 0.717) is 35.1 Å². The van der Waals surface area contributed by atoms with Crippen LogP contribution in [0.15, 0.2) is 22.7 Å². The van der Waals surface area contributed by atoms with Crippen LogP contribution >= 0.6 is 22.9 Å². The number of primary sulfonamides is 1. The fraction of sp³-hybridized carbons (Fsp3) is 0.385. The van der Waals surface area contributed by atoms with Crippen molar-refractivity contribution in [3.05, 3.63) is 29.0 Å². The summed E-state index contributed by atoms with van der Waals surface area (Å²) < 4.78 is 27.9. The fourth-order valence-electron chi connectivity index (χ4n) is 1.56. The number of nitrogens with one attached hydrogen (secondary N) is 1. The van der Waals surface area contributed by atoms with Gasteiger partial charge in [0.1, 0.15) is 5.02 Å². The summed E-state index contributed by atoms with van der Waals surface area (Å²) in [5.41, 5.74) is 0.819. The molecule has 0 bridgehead atoms. The van der Waals surface area contributed by atoms with E-state index >= 15 is 0 Å². The van der Waals surface area contributed by atoms with E-state index in [4.69, 9.17) is 21.5 Å². The third kappa shape index (κ3) is 5.31. The van der Waals surface area contributed by atoms with E-state index in [9.17, 15) is 8.42 Å². The third-order valence-corrected chi connectivity index (χ3v) is 5.26. The maximum Gasteiger partial charge on any atom is 0.249 e. The van der Waals surface area contributed by atoms with Crippen molar-refractivity contribution in [1.29, 1.82) is 0 Å². The van der Waals surface area contributed by atoms with Crippen LogP contribution in [0.25, 0.3) is 0 Å². The zero-order chi connectivity index (χ0) is 17.0. The molecule has 2 aromatic rings. The molecule has 2 aromatic heterocycles. The van der Waals surface area contributed by atoms with Crippen LogP contribution in [0.2, 0.25) is 5.02 Å². The summed E-state index contributed by atoms with van der Waals surface area (Å²) in [7, 11) is -3.72. The van der Waals surface area contributed by atoms with Gasteiger partial charge in [-0.15, -0.1) is 0 Å². The number of thiazole rings is 1. The first-order valence-electron chi connectivity index (χ1n) is 6.75. The molecule has 0 amide bonds. The monoisotopic (exact) mass is 376 g/mol. The van der Waals surface area contributed by atoms with Crippen LogP contribution in [0.4, 0.5) is 5.13 Å². The summed E-state index contributed by atoms with van der Waals surface area (Å²) in [5, 5.41) is 8.91. The molecule has 0 spiro atoms. The smallest absolute Gasteiger partial charge is 0.249 e. The van der Waals surface area contributed by atoms with Crippen molar-refractivity contribution in [2.45, 2.75) is 24.6 Å². The first kappa shape index (κ1) is 17.9. The molecule has 0 fully saturated rings. The topological polar surface area (TPSA) is 107 Å². The average molecular weight is 377 g/mol. The molecule has 0 radical (unpaired) electrons. The Morgan fingerprint density at radius 1 is 1.39 bits per heavy atom. The second kappa shape index (κ2) is 7.43. The number of pyridine rings is 1. The van der Waals surface area contributed by atoms with Gasteiger partial charge in [-0.2, -0.15) is 0 Å². The first-order valence-corrected chi connectivity index (χ1v) is 9.49. The lowest BCUT2D eigenvalue weighted by Crippen LogP contribution is -2.09. The van der Waals surface area contributed by atoms with Crippen LogP contribution in [0.3, 0.4) is 0 Å². The van der Waals surface area contributed by atoms with Crippen LogP contribution in [0, 0.1) is 5.92 Å². The second-order valence-electron chi connectivity index (χ2n) is 5.22. The number of rotatable bonds is 7. The highest BCUT2D eigenvalue weighted by atomic mass is 35.5. The largest absolute Gasteiger partial charge is 0.476 e. The predicted molar refractivity (Wildman–Crippen MR) is 90.4 cm³/mol. The molecular formula is C13H17ClN4O3S2. The molecule has 0 aromatic carbocycles. The Morgan fingerprint density at radius 3 is 2.70 bits per heavy atom. The molecule has 0 aliphatic heterocycles. The molecular weight excluding hydrogens is 360 g/mol. The molecule has 0 saturated carbocycles. The Balaban J connectivity index is 1.98. The molecule has 7 nitrogen and oxygen atoms in total. The predicted octanol–water partition coefficient (Wildman–Crippen LogP) is 2.49. The second-order valence-corrected chi connectivity index (χ2v) is 8.44. The van der Waals surface area contributed by atoms with Crippen molar-refractivity contribution in [3.63, 3.8) is 0 Å². The van der Waals surface area contributed by atoms with Gasteiger partial charge < -0.3 is 10.1 Å². The van der Waals surface area contributed by atoms with E-state index in [1.807, 2.05) is 13.8 Å². The number of anilines is 1. The van der Waals surface area contributed by atoms with Crippen molar-refractivity contribution in [2.24, 2.45) is 11.1 Å². The van der Waals surface area contributed by atoms with Gasteiger partial charge >= 0.3 is 0 Å². The number of halogens is 1. The van der Waals surface area contributed by atoms with Gasteiger partial charge in [-0.1, -0.05) is 36.8 Å². The highest BCUT2D eigenvalue weighted by Crippen LogP contribution is 2.25. The van der Waals surface area contributed by atoms with Gasteiger partial charge in [-0.25, -0.2) is 23.5 Å². The molecule has 3 N–H and O–H groups in total. The summed E-state index contributed by atoms with van der Waals surface area (Å²) in [6, 6.07) is 1.74. The van der Waals surface area contributed by atoms with E-state index in [2.05, 4.69) is 15.3 Å². The van der Waals surface area contributed by atoms with Gasteiger partial charge in [0, 0.05) is 12.7 Å². The van der Waals surface area contributed by atoms with Crippen molar-refractivity contribution in [2.75, 3.05) is 11.9 Å². The lowest BCUT2D eigenvalue weighted by molar-refractivity contribution is 0.261. The Hall–Kier alpha value is -1.42. The molecule has 2 rings (SSSR count). The average Bonchev–Trinajstić information content (AvgIpc) is 2.93. The molecule has 2 heterocycles. The Morgan fingerprint density at radius 2 is 2.13 bits per heavy atom. The number of sulfonamides is 1. The SMILES string of the molecule is CC(C)COc1ncc(CNc2ncc(S(N)(=O)=O)s2)cc1Cl. The van der Waals surface area contributed by atoms with Gasteiger partial charge in [-0.3, -0.25) is 0 Å². The maximum absolute atomic E-state index is 11.2. The molecule has 0 aliphatic rings. The van der Waals surface area contributed by atoms with Crippen molar-refractivity contribution < 1.29 is 13.2 Å². The fourth-order valence-corrected chi connectivity index (χ4v) is 3.25. The number of nitrogens with two attached hydrogens (primary N) is 1. The molecule has 0 saturated heterocycles. The minimum atomic E-state index is -3.72. The highest BCUT2D eigenvalue weighted by Gasteiger charge is 2.12. The molecule has 0 aliphatic carbocycles. The lowest BCUT2D eigenvalue weighted by Gasteiger charge is -2.10. The third-order valence-electron chi connectivity index (χ3n) is 2.63. The summed E-state index contributed by atoms with van der Waals surface area (Å²) >= 11 is 7.10. The van der Waals surface area contributed by atoms with E-state index in [-0.39, 0.29) is 4.21 Å². The maximum atomic E-state index is 11.2. The highest BCUT2D eigenvalue weighted by molar-refractivity contribution is 7.91. The lowest BCUT2D eigenvalue weighted by atomic mass is 10.2. The van der Waals surface area contributed by atoms with Gasteiger partial charge in [0.2, 0.25) is 15.9 Å². The van der Waals surface area contributed by atoms with E-state index in [1.165, 1.54) is 6.20 Å². The van der Waals surface area contributed by atoms with Gasteiger partial charge in [-0.05, 0) is 17.5 Å². The Kier molecular flexibility index (Phi) is 5.79. The van der Waals surface area contributed by atoms with Gasteiger partial charge in [0.25, 0.3) is 0 Å².